The fourth-order valence-electron chi connectivity index (χ4n) is 5.05. The van der Waals surface area contributed by atoms with E-state index in [4.69, 9.17) is 0 Å². The van der Waals surface area contributed by atoms with Crippen molar-refractivity contribution in [3.63, 3.8) is 0 Å². The Hall–Kier alpha value is -2.54. The Morgan fingerprint density at radius 3 is 2.63 bits per heavy atom. The minimum absolute atomic E-state index is 0.469. The Labute approximate surface area is 162 Å². The summed E-state index contributed by atoms with van der Waals surface area (Å²) in [6.07, 6.45) is 16.4. The number of rotatable bonds is 2. The van der Waals surface area contributed by atoms with Gasteiger partial charge >= 0.3 is 0 Å². The SMILES string of the molecule is CC(C)C1=Cc2c3c(n(-c4ccccc4)c2CC1)C=CC1=CC=CC(C)C13. The lowest BCUT2D eigenvalue weighted by Gasteiger charge is -2.30. The molecule has 27 heavy (non-hydrogen) atoms. The summed E-state index contributed by atoms with van der Waals surface area (Å²) in [5.41, 5.74) is 10.2. The normalized spacial score (nSPS) is 22.8. The van der Waals surface area contributed by atoms with Crippen LogP contribution in [0.4, 0.5) is 0 Å². The Bertz CT molecular complexity index is 1010. The molecule has 0 aliphatic heterocycles. The van der Waals surface area contributed by atoms with E-state index in [1.165, 1.54) is 40.2 Å². The molecule has 1 nitrogen and oxygen atoms in total. The van der Waals surface area contributed by atoms with E-state index in [0.29, 0.717) is 17.8 Å². The summed E-state index contributed by atoms with van der Waals surface area (Å²) in [6, 6.07) is 10.9. The van der Waals surface area contributed by atoms with Crippen LogP contribution < -0.4 is 0 Å². The number of aromatic nitrogens is 1. The van der Waals surface area contributed by atoms with E-state index in [1.807, 2.05) is 0 Å². The molecule has 3 aliphatic carbocycles. The van der Waals surface area contributed by atoms with E-state index in [1.54, 1.807) is 5.57 Å². The molecule has 0 N–H and O–H groups in total. The average molecular weight is 354 g/mol. The molecule has 1 aromatic carbocycles. The third-order valence-electron chi connectivity index (χ3n) is 6.46. The van der Waals surface area contributed by atoms with Gasteiger partial charge in [0, 0.05) is 22.9 Å². The van der Waals surface area contributed by atoms with Gasteiger partial charge in [0.2, 0.25) is 0 Å². The van der Waals surface area contributed by atoms with Crippen molar-refractivity contribution in [1.82, 2.24) is 4.57 Å². The predicted octanol–water partition coefficient (Wildman–Crippen LogP) is 6.71. The van der Waals surface area contributed by atoms with Crippen LogP contribution in [0.5, 0.6) is 0 Å². The van der Waals surface area contributed by atoms with Crippen molar-refractivity contribution < 1.29 is 0 Å². The lowest BCUT2D eigenvalue weighted by Crippen LogP contribution is -2.17. The van der Waals surface area contributed by atoms with Crippen LogP contribution >= 0.6 is 0 Å². The van der Waals surface area contributed by atoms with Crippen molar-refractivity contribution in [2.45, 2.75) is 39.5 Å². The molecule has 1 heterocycles. The monoisotopic (exact) mass is 353 g/mol. The van der Waals surface area contributed by atoms with Crippen LogP contribution in [-0.4, -0.2) is 4.57 Å². The Balaban J connectivity index is 1.81. The van der Waals surface area contributed by atoms with Gasteiger partial charge in [-0.05, 0) is 54.0 Å². The maximum Gasteiger partial charge on any atom is 0.0503 e. The van der Waals surface area contributed by atoms with Gasteiger partial charge in [-0.3, -0.25) is 0 Å². The second-order valence-electron chi connectivity index (χ2n) is 8.43. The van der Waals surface area contributed by atoms with Gasteiger partial charge in [0.15, 0.2) is 0 Å². The number of nitrogens with zero attached hydrogens (tertiary/aromatic N) is 1. The number of hydrogen-bond donors (Lipinski definition) is 0. The highest BCUT2D eigenvalue weighted by atomic mass is 15.0. The Kier molecular flexibility index (Phi) is 3.86. The molecule has 1 heteroatoms. The molecule has 2 unspecified atom stereocenters. The van der Waals surface area contributed by atoms with Gasteiger partial charge in [-0.15, -0.1) is 0 Å². The van der Waals surface area contributed by atoms with Crippen molar-refractivity contribution in [3.05, 3.63) is 88.3 Å². The second-order valence-corrected chi connectivity index (χ2v) is 8.43. The number of benzene rings is 1. The van der Waals surface area contributed by atoms with Gasteiger partial charge in [-0.1, -0.05) is 74.9 Å². The summed E-state index contributed by atoms with van der Waals surface area (Å²) in [4.78, 5) is 0. The maximum absolute atomic E-state index is 2.52. The first kappa shape index (κ1) is 16.6. The molecule has 3 aliphatic rings. The molecule has 136 valence electrons. The molecule has 0 amide bonds. The Morgan fingerprint density at radius 1 is 1.04 bits per heavy atom. The van der Waals surface area contributed by atoms with Gasteiger partial charge in [0.05, 0.1) is 5.69 Å². The summed E-state index contributed by atoms with van der Waals surface area (Å²) in [7, 11) is 0. The summed E-state index contributed by atoms with van der Waals surface area (Å²) in [5, 5.41) is 0. The van der Waals surface area contributed by atoms with Crippen LogP contribution in [0.15, 0.2) is 65.8 Å². The fraction of sp³-hybridized carbons (Fsp3) is 0.308. The molecule has 0 saturated heterocycles. The van der Waals surface area contributed by atoms with Gasteiger partial charge < -0.3 is 4.57 Å². The molecular formula is C26H27N. The molecule has 0 saturated carbocycles. The van der Waals surface area contributed by atoms with Gasteiger partial charge in [0.1, 0.15) is 0 Å². The van der Waals surface area contributed by atoms with Crippen LogP contribution in [0.1, 0.15) is 55.6 Å². The number of para-hydroxylation sites is 1. The number of fused-ring (bicyclic) bond motifs is 5. The first-order valence-corrected chi connectivity index (χ1v) is 10.2. The quantitative estimate of drug-likeness (QED) is 0.566. The third kappa shape index (κ3) is 2.52. The molecule has 5 rings (SSSR count). The molecule has 0 bridgehead atoms. The van der Waals surface area contributed by atoms with Crippen LogP contribution in [-0.2, 0) is 6.42 Å². The van der Waals surface area contributed by atoms with Crippen molar-refractivity contribution in [1.29, 1.82) is 0 Å². The zero-order chi connectivity index (χ0) is 18.5. The van der Waals surface area contributed by atoms with E-state index in [0.717, 1.165) is 6.42 Å². The van der Waals surface area contributed by atoms with Gasteiger partial charge in [-0.2, -0.15) is 0 Å². The summed E-state index contributed by atoms with van der Waals surface area (Å²) in [6.45, 7) is 7.02. The molecule has 2 aromatic rings. The largest absolute Gasteiger partial charge is 0.313 e. The predicted molar refractivity (Wildman–Crippen MR) is 115 cm³/mol. The number of allylic oxidation sites excluding steroid dienone is 6. The van der Waals surface area contributed by atoms with E-state index in [2.05, 4.69) is 92.1 Å². The van der Waals surface area contributed by atoms with Gasteiger partial charge in [0.25, 0.3) is 0 Å². The summed E-state index contributed by atoms with van der Waals surface area (Å²) >= 11 is 0. The molecule has 0 radical (unpaired) electrons. The van der Waals surface area contributed by atoms with E-state index < -0.39 is 0 Å². The van der Waals surface area contributed by atoms with Crippen LogP contribution in [0.3, 0.4) is 0 Å². The van der Waals surface area contributed by atoms with E-state index in [9.17, 15) is 0 Å². The molecule has 0 spiro atoms. The molecule has 2 atom stereocenters. The van der Waals surface area contributed by atoms with Crippen LogP contribution in [0.25, 0.3) is 17.8 Å². The number of hydrogen-bond acceptors (Lipinski definition) is 0. The standard InChI is InChI=1S/C26H27N/c1-17(2)20-13-14-23-22(16-20)26-24(27(23)21-10-5-4-6-11-21)15-12-19-9-7-8-18(3)25(19)26/h4-12,15-18,25H,13-14H2,1-3H3. The maximum atomic E-state index is 2.52. The van der Waals surface area contributed by atoms with Crippen molar-refractivity contribution >= 4 is 12.2 Å². The molecule has 0 fully saturated rings. The smallest absolute Gasteiger partial charge is 0.0503 e. The van der Waals surface area contributed by atoms with Gasteiger partial charge in [-0.25, -0.2) is 0 Å². The highest BCUT2D eigenvalue weighted by Gasteiger charge is 2.35. The van der Waals surface area contributed by atoms with E-state index in [-0.39, 0.29) is 0 Å². The minimum Gasteiger partial charge on any atom is -0.313 e. The highest BCUT2D eigenvalue weighted by molar-refractivity contribution is 5.76. The summed E-state index contributed by atoms with van der Waals surface area (Å²) < 4.78 is 2.52. The van der Waals surface area contributed by atoms with Crippen molar-refractivity contribution in [2.24, 2.45) is 11.8 Å². The van der Waals surface area contributed by atoms with Crippen LogP contribution in [0, 0.1) is 11.8 Å². The summed E-state index contributed by atoms with van der Waals surface area (Å²) in [5.74, 6) is 1.62. The average Bonchev–Trinajstić information content (AvgIpc) is 3.02. The second kappa shape index (κ2) is 6.27. The molecular weight excluding hydrogens is 326 g/mol. The first-order chi connectivity index (χ1) is 13.1. The van der Waals surface area contributed by atoms with Crippen LogP contribution in [0.2, 0.25) is 0 Å². The Morgan fingerprint density at radius 2 is 1.85 bits per heavy atom. The topological polar surface area (TPSA) is 4.93 Å². The lowest BCUT2D eigenvalue weighted by molar-refractivity contribution is 0.611. The molecule has 1 aromatic heterocycles. The van der Waals surface area contributed by atoms with E-state index >= 15 is 0 Å². The minimum atomic E-state index is 0.469. The zero-order valence-electron chi connectivity index (χ0n) is 16.4. The zero-order valence-corrected chi connectivity index (χ0v) is 16.4. The van der Waals surface area contributed by atoms with Crippen molar-refractivity contribution in [2.75, 3.05) is 0 Å². The third-order valence-corrected chi connectivity index (χ3v) is 6.46. The fourth-order valence-corrected chi connectivity index (χ4v) is 5.05. The highest BCUT2D eigenvalue weighted by Crippen LogP contribution is 2.48. The lowest BCUT2D eigenvalue weighted by atomic mass is 9.73. The first-order valence-electron chi connectivity index (χ1n) is 10.2. The van der Waals surface area contributed by atoms with Crippen molar-refractivity contribution in [3.8, 4) is 5.69 Å².